The van der Waals surface area contributed by atoms with E-state index in [2.05, 4.69) is 39.9 Å². The van der Waals surface area contributed by atoms with E-state index >= 15 is 0 Å². The van der Waals surface area contributed by atoms with E-state index in [0.29, 0.717) is 10.8 Å². The molecule has 0 bridgehead atoms. The van der Waals surface area contributed by atoms with Crippen LogP contribution in [0.5, 0.6) is 0 Å². The number of nitrogens with one attached hydrogen (secondary N) is 1. The van der Waals surface area contributed by atoms with Crippen LogP contribution in [-0.2, 0) is 4.74 Å². The van der Waals surface area contributed by atoms with Crippen LogP contribution in [0.1, 0.15) is 112 Å². The summed E-state index contributed by atoms with van der Waals surface area (Å²) in [6.45, 7) is 14.7. The molecule has 1 N–H and O–H groups in total. The lowest BCUT2D eigenvalue weighted by atomic mass is 9.43. The molecule has 2 unspecified atom stereocenters. The zero-order valence-corrected chi connectivity index (χ0v) is 21.3. The highest BCUT2D eigenvalue weighted by Gasteiger charge is 2.62. The van der Waals surface area contributed by atoms with Gasteiger partial charge in [0.15, 0.2) is 0 Å². The molecular formula is C29H51NO. The lowest BCUT2D eigenvalue weighted by molar-refractivity contribution is -0.152. The normalized spacial score (nSPS) is 50.3. The van der Waals surface area contributed by atoms with Gasteiger partial charge < -0.3 is 4.74 Å². The van der Waals surface area contributed by atoms with Gasteiger partial charge >= 0.3 is 0 Å². The molecule has 0 radical (unpaired) electrons. The number of fused-ring (bicyclic) bond motifs is 5. The fourth-order valence-electron chi connectivity index (χ4n) is 10.2. The molecule has 0 amide bonds. The van der Waals surface area contributed by atoms with E-state index in [4.69, 9.17) is 4.74 Å². The average molecular weight is 430 g/mol. The summed E-state index contributed by atoms with van der Waals surface area (Å²) in [5, 5.41) is 3.50. The molecule has 5 rings (SSSR count). The van der Waals surface area contributed by atoms with Gasteiger partial charge in [0.2, 0.25) is 0 Å². The Labute approximate surface area is 193 Å². The van der Waals surface area contributed by atoms with Crippen LogP contribution in [0.15, 0.2) is 0 Å². The molecule has 1 heterocycles. The first kappa shape index (κ1) is 22.7. The first-order chi connectivity index (χ1) is 14.8. The van der Waals surface area contributed by atoms with E-state index in [1.165, 1.54) is 77.0 Å². The second kappa shape index (κ2) is 8.30. The molecule has 4 aliphatic carbocycles. The van der Waals surface area contributed by atoms with Gasteiger partial charge in [-0.15, -0.1) is 0 Å². The van der Waals surface area contributed by atoms with Crippen molar-refractivity contribution in [3.63, 3.8) is 0 Å². The number of hydrogen-bond donors (Lipinski definition) is 1. The van der Waals surface area contributed by atoms with E-state index in [9.17, 15) is 0 Å². The Morgan fingerprint density at radius 1 is 0.871 bits per heavy atom. The summed E-state index contributed by atoms with van der Waals surface area (Å²) in [5.74, 6) is 6.71. The monoisotopic (exact) mass is 429 g/mol. The summed E-state index contributed by atoms with van der Waals surface area (Å²) in [6, 6.07) is 0. The van der Waals surface area contributed by atoms with Gasteiger partial charge in [0, 0.05) is 6.54 Å². The van der Waals surface area contributed by atoms with Crippen LogP contribution in [0.3, 0.4) is 0 Å². The molecule has 2 heteroatoms. The standard InChI is InChI=1S/C29H51NO/c1-20(2)7-6-8-21(3)24-11-12-25-23-10-9-22-17-29(18-30-19-31-29)16-15-27(22,4)26(23)13-14-28(24,25)5/h20-26,30H,6-19H2,1-5H3/t21-,22?,23+,24-,25+,26+,27+,28-,29?/m1/s1. The van der Waals surface area contributed by atoms with Gasteiger partial charge in [0.1, 0.15) is 0 Å². The Kier molecular flexibility index (Phi) is 6.08. The van der Waals surface area contributed by atoms with Crippen molar-refractivity contribution >= 4 is 0 Å². The molecule has 1 saturated heterocycles. The molecule has 178 valence electrons. The average Bonchev–Trinajstić information content (AvgIpc) is 3.32. The Bertz CT molecular complexity index is 639. The maximum atomic E-state index is 6.27. The van der Waals surface area contributed by atoms with E-state index in [-0.39, 0.29) is 5.60 Å². The Balaban J connectivity index is 1.28. The summed E-state index contributed by atoms with van der Waals surface area (Å²) >= 11 is 0. The predicted octanol–water partition coefficient (Wildman–Crippen LogP) is 7.42. The molecule has 0 aromatic rings. The molecule has 5 aliphatic rings. The minimum Gasteiger partial charge on any atom is -0.359 e. The van der Waals surface area contributed by atoms with E-state index in [1.54, 1.807) is 0 Å². The van der Waals surface area contributed by atoms with E-state index < -0.39 is 0 Å². The first-order valence-electron chi connectivity index (χ1n) is 14.1. The molecule has 2 nitrogen and oxygen atoms in total. The smallest absolute Gasteiger partial charge is 0.0974 e. The number of ether oxygens (including phenoxy) is 1. The summed E-state index contributed by atoms with van der Waals surface area (Å²) in [7, 11) is 0. The van der Waals surface area contributed by atoms with Crippen LogP contribution in [0.2, 0.25) is 0 Å². The van der Waals surface area contributed by atoms with Crippen LogP contribution < -0.4 is 5.32 Å². The second-order valence-electron chi connectivity index (χ2n) is 13.8. The van der Waals surface area contributed by atoms with Crippen molar-refractivity contribution in [2.75, 3.05) is 13.3 Å². The third kappa shape index (κ3) is 3.74. The van der Waals surface area contributed by atoms with Gasteiger partial charge in [0.05, 0.1) is 12.3 Å². The van der Waals surface area contributed by atoms with Gasteiger partial charge in [-0.2, -0.15) is 0 Å². The van der Waals surface area contributed by atoms with E-state index in [1.807, 2.05) is 0 Å². The lowest BCUT2D eigenvalue weighted by Crippen LogP contribution is -2.56. The Morgan fingerprint density at radius 2 is 1.68 bits per heavy atom. The second-order valence-corrected chi connectivity index (χ2v) is 13.8. The van der Waals surface area contributed by atoms with Gasteiger partial charge in [-0.3, -0.25) is 5.32 Å². The highest BCUT2D eigenvalue weighted by Crippen LogP contribution is 2.69. The van der Waals surface area contributed by atoms with Gasteiger partial charge in [-0.25, -0.2) is 0 Å². The summed E-state index contributed by atoms with van der Waals surface area (Å²) in [6.07, 6.45) is 17.5. The minimum atomic E-state index is 0.185. The van der Waals surface area contributed by atoms with Crippen LogP contribution in [0.25, 0.3) is 0 Å². The van der Waals surface area contributed by atoms with Crippen molar-refractivity contribution < 1.29 is 4.74 Å². The Morgan fingerprint density at radius 3 is 2.42 bits per heavy atom. The quantitative estimate of drug-likeness (QED) is 0.491. The highest BCUT2D eigenvalue weighted by molar-refractivity contribution is 5.11. The largest absolute Gasteiger partial charge is 0.359 e. The third-order valence-electron chi connectivity index (χ3n) is 11.9. The van der Waals surface area contributed by atoms with Crippen molar-refractivity contribution in [3.05, 3.63) is 0 Å². The van der Waals surface area contributed by atoms with Crippen molar-refractivity contribution in [1.29, 1.82) is 0 Å². The molecular weight excluding hydrogens is 378 g/mol. The fraction of sp³-hybridized carbons (Fsp3) is 1.00. The van der Waals surface area contributed by atoms with Crippen molar-refractivity contribution in [1.82, 2.24) is 5.32 Å². The zero-order chi connectivity index (χ0) is 21.9. The van der Waals surface area contributed by atoms with Crippen LogP contribution in [0.4, 0.5) is 0 Å². The van der Waals surface area contributed by atoms with Gasteiger partial charge in [-0.1, -0.05) is 53.9 Å². The van der Waals surface area contributed by atoms with Gasteiger partial charge in [-0.05, 0) is 110 Å². The number of hydrogen-bond acceptors (Lipinski definition) is 2. The highest BCUT2D eigenvalue weighted by atomic mass is 16.5. The SMILES string of the molecule is CC(C)CCC[C@@H](C)[C@H]1CC[C@H]2[C@@H]3CCC4CC5(CC[C@]4(C)[C@H]3CC[C@]12C)CNCO5. The van der Waals surface area contributed by atoms with Crippen LogP contribution >= 0.6 is 0 Å². The van der Waals surface area contributed by atoms with Crippen LogP contribution in [0, 0.1) is 52.3 Å². The van der Waals surface area contributed by atoms with Crippen molar-refractivity contribution in [3.8, 4) is 0 Å². The first-order valence-corrected chi connectivity index (χ1v) is 14.1. The maximum absolute atomic E-state index is 6.27. The minimum absolute atomic E-state index is 0.185. The molecule has 0 aromatic carbocycles. The molecule has 4 saturated carbocycles. The number of rotatable bonds is 5. The predicted molar refractivity (Wildman–Crippen MR) is 130 cm³/mol. The van der Waals surface area contributed by atoms with Crippen molar-refractivity contribution in [2.24, 2.45) is 52.3 Å². The Hall–Kier alpha value is -0.0800. The molecule has 31 heavy (non-hydrogen) atoms. The molecule has 9 atom stereocenters. The molecule has 1 aliphatic heterocycles. The topological polar surface area (TPSA) is 21.3 Å². The molecule has 5 fully saturated rings. The third-order valence-corrected chi connectivity index (χ3v) is 11.9. The summed E-state index contributed by atoms with van der Waals surface area (Å²) in [5.41, 5.74) is 1.41. The molecule has 1 spiro atoms. The zero-order valence-electron chi connectivity index (χ0n) is 21.3. The summed E-state index contributed by atoms with van der Waals surface area (Å²) < 4.78 is 6.27. The molecule has 0 aromatic heterocycles. The maximum Gasteiger partial charge on any atom is 0.0974 e. The van der Waals surface area contributed by atoms with Crippen molar-refractivity contribution in [2.45, 2.75) is 117 Å². The van der Waals surface area contributed by atoms with E-state index in [0.717, 1.165) is 54.7 Å². The summed E-state index contributed by atoms with van der Waals surface area (Å²) in [4.78, 5) is 0. The lowest BCUT2D eigenvalue weighted by Gasteiger charge is -2.62. The van der Waals surface area contributed by atoms with Gasteiger partial charge in [0.25, 0.3) is 0 Å². The fourth-order valence-corrected chi connectivity index (χ4v) is 10.2. The van der Waals surface area contributed by atoms with Crippen LogP contribution in [-0.4, -0.2) is 18.9 Å².